The van der Waals surface area contributed by atoms with Crippen LogP contribution in [-0.2, 0) is 6.42 Å². The van der Waals surface area contributed by atoms with Crippen LogP contribution in [0.25, 0.3) is 0 Å². The Labute approximate surface area is 88.7 Å². The monoisotopic (exact) mass is 211 g/mol. The van der Waals surface area contributed by atoms with Gasteiger partial charge in [-0.15, -0.1) is 11.3 Å². The Morgan fingerprint density at radius 1 is 1.57 bits per heavy atom. The SMILES string of the molecule is NNC(Cc1cncs1)C1CCCC1. The number of aromatic nitrogens is 1. The van der Waals surface area contributed by atoms with Crippen molar-refractivity contribution in [1.29, 1.82) is 0 Å². The summed E-state index contributed by atoms with van der Waals surface area (Å²) in [5, 5.41) is 0. The molecule has 3 N–H and O–H groups in total. The molecule has 0 bridgehead atoms. The first-order chi connectivity index (χ1) is 6.90. The third-order valence-corrected chi connectivity index (χ3v) is 3.89. The Balaban J connectivity index is 1.92. The van der Waals surface area contributed by atoms with Gasteiger partial charge >= 0.3 is 0 Å². The molecule has 0 aliphatic heterocycles. The molecule has 1 saturated carbocycles. The van der Waals surface area contributed by atoms with Crippen LogP contribution in [-0.4, -0.2) is 11.0 Å². The summed E-state index contributed by atoms with van der Waals surface area (Å²) in [7, 11) is 0. The third kappa shape index (κ3) is 2.32. The molecule has 1 aliphatic carbocycles. The van der Waals surface area contributed by atoms with Gasteiger partial charge in [-0.05, 0) is 18.8 Å². The first-order valence-electron chi connectivity index (χ1n) is 5.23. The number of thiazole rings is 1. The van der Waals surface area contributed by atoms with Crippen molar-refractivity contribution in [2.75, 3.05) is 0 Å². The van der Waals surface area contributed by atoms with E-state index in [0.29, 0.717) is 6.04 Å². The Kier molecular flexibility index (Phi) is 3.50. The summed E-state index contributed by atoms with van der Waals surface area (Å²) in [6.07, 6.45) is 8.37. The smallest absolute Gasteiger partial charge is 0.0794 e. The van der Waals surface area contributed by atoms with Gasteiger partial charge in [-0.3, -0.25) is 16.3 Å². The quantitative estimate of drug-likeness (QED) is 0.589. The molecule has 0 saturated heterocycles. The fraction of sp³-hybridized carbons (Fsp3) is 0.700. The van der Waals surface area contributed by atoms with Gasteiger partial charge in [0.25, 0.3) is 0 Å². The molecule has 1 atom stereocenters. The third-order valence-electron chi connectivity index (χ3n) is 3.09. The van der Waals surface area contributed by atoms with E-state index >= 15 is 0 Å². The first kappa shape index (κ1) is 10.1. The molecular weight excluding hydrogens is 194 g/mol. The Morgan fingerprint density at radius 2 is 2.36 bits per heavy atom. The van der Waals surface area contributed by atoms with E-state index in [0.717, 1.165) is 12.3 Å². The topological polar surface area (TPSA) is 50.9 Å². The van der Waals surface area contributed by atoms with Crippen molar-refractivity contribution in [1.82, 2.24) is 10.4 Å². The van der Waals surface area contributed by atoms with E-state index in [9.17, 15) is 0 Å². The van der Waals surface area contributed by atoms with Crippen LogP contribution < -0.4 is 11.3 Å². The summed E-state index contributed by atoms with van der Waals surface area (Å²) in [4.78, 5) is 5.42. The number of hydrogen-bond donors (Lipinski definition) is 2. The van der Waals surface area contributed by atoms with Gasteiger partial charge in [-0.1, -0.05) is 12.8 Å². The molecule has 1 aromatic heterocycles. The van der Waals surface area contributed by atoms with Crippen molar-refractivity contribution in [3.63, 3.8) is 0 Å². The van der Waals surface area contributed by atoms with Gasteiger partial charge in [-0.2, -0.15) is 0 Å². The maximum Gasteiger partial charge on any atom is 0.0794 e. The van der Waals surface area contributed by atoms with Crippen LogP contribution >= 0.6 is 11.3 Å². The van der Waals surface area contributed by atoms with Crippen molar-refractivity contribution < 1.29 is 0 Å². The van der Waals surface area contributed by atoms with E-state index in [1.807, 2.05) is 11.7 Å². The zero-order valence-corrected chi connectivity index (χ0v) is 9.09. The minimum atomic E-state index is 0.443. The van der Waals surface area contributed by atoms with Crippen LogP contribution in [0.3, 0.4) is 0 Å². The maximum atomic E-state index is 5.60. The van der Waals surface area contributed by atoms with Crippen LogP contribution in [0, 0.1) is 5.92 Å². The van der Waals surface area contributed by atoms with Crippen LogP contribution in [0.2, 0.25) is 0 Å². The molecule has 0 aromatic carbocycles. The van der Waals surface area contributed by atoms with Gasteiger partial charge in [0.05, 0.1) is 5.51 Å². The standard InChI is InChI=1S/C10H17N3S/c11-13-10(8-3-1-2-4-8)5-9-6-12-7-14-9/h6-8,10,13H,1-5,11H2. The molecule has 0 radical (unpaired) electrons. The fourth-order valence-electron chi connectivity index (χ4n) is 2.28. The number of nitrogens with two attached hydrogens (primary N) is 1. The zero-order chi connectivity index (χ0) is 9.80. The second-order valence-electron chi connectivity index (χ2n) is 3.99. The van der Waals surface area contributed by atoms with Gasteiger partial charge < -0.3 is 0 Å². The van der Waals surface area contributed by atoms with Crippen molar-refractivity contribution in [3.05, 3.63) is 16.6 Å². The molecule has 1 fully saturated rings. The van der Waals surface area contributed by atoms with Gasteiger partial charge in [0.15, 0.2) is 0 Å². The van der Waals surface area contributed by atoms with Crippen molar-refractivity contribution in [2.45, 2.75) is 38.1 Å². The minimum Gasteiger partial charge on any atom is -0.271 e. The lowest BCUT2D eigenvalue weighted by Gasteiger charge is -2.21. The van der Waals surface area contributed by atoms with E-state index in [4.69, 9.17) is 5.84 Å². The minimum absolute atomic E-state index is 0.443. The summed E-state index contributed by atoms with van der Waals surface area (Å²) < 4.78 is 0. The molecule has 78 valence electrons. The molecular formula is C10H17N3S. The Bertz CT molecular complexity index is 254. The molecule has 1 aliphatic rings. The average Bonchev–Trinajstić information content (AvgIpc) is 2.86. The lowest BCUT2D eigenvalue weighted by Crippen LogP contribution is -2.41. The number of hydrogen-bond acceptors (Lipinski definition) is 4. The predicted octanol–water partition coefficient (Wildman–Crippen LogP) is 1.71. The van der Waals surface area contributed by atoms with E-state index in [1.54, 1.807) is 11.3 Å². The number of nitrogens with zero attached hydrogens (tertiary/aromatic N) is 1. The van der Waals surface area contributed by atoms with Gasteiger partial charge in [-0.25, -0.2) is 0 Å². The summed E-state index contributed by atoms with van der Waals surface area (Å²) in [5.41, 5.74) is 4.85. The molecule has 1 aromatic rings. The van der Waals surface area contributed by atoms with Crippen LogP contribution in [0.4, 0.5) is 0 Å². The summed E-state index contributed by atoms with van der Waals surface area (Å²) in [6.45, 7) is 0. The number of nitrogens with one attached hydrogen (secondary N) is 1. The van der Waals surface area contributed by atoms with Crippen LogP contribution in [0.1, 0.15) is 30.6 Å². The van der Waals surface area contributed by atoms with Gasteiger partial charge in [0.2, 0.25) is 0 Å². The van der Waals surface area contributed by atoms with E-state index in [1.165, 1.54) is 30.6 Å². The fourth-order valence-corrected chi connectivity index (χ4v) is 2.94. The number of rotatable bonds is 4. The summed E-state index contributed by atoms with van der Waals surface area (Å²) in [6, 6.07) is 0.443. The van der Waals surface area contributed by atoms with Crippen molar-refractivity contribution in [2.24, 2.45) is 11.8 Å². The van der Waals surface area contributed by atoms with Crippen molar-refractivity contribution in [3.8, 4) is 0 Å². The molecule has 1 heterocycles. The molecule has 0 amide bonds. The lowest BCUT2D eigenvalue weighted by atomic mass is 9.95. The highest BCUT2D eigenvalue weighted by atomic mass is 32.1. The molecule has 0 spiro atoms. The van der Waals surface area contributed by atoms with E-state index in [2.05, 4.69) is 10.4 Å². The predicted molar refractivity (Wildman–Crippen MR) is 58.9 cm³/mol. The lowest BCUT2D eigenvalue weighted by molar-refractivity contribution is 0.363. The highest BCUT2D eigenvalue weighted by molar-refractivity contribution is 7.09. The van der Waals surface area contributed by atoms with Gasteiger partial charge in [0, 0.05) is 23.5 Å². The molecule has 2 rings (SSSR count). The second kappa shape index (κ2) is 4.87. The molecule has 14 heavy (non-hydrogen) atoms. The Hall–Kier alpha value is -0.450. The summed E-state index contributed by atoms with van der Waals surface area (Å²) in [5.74, 6) is 6.37. The average molecular weight is 211 g/mol. The van der Waals surface area contributed by atoms with E-state index in [-0.39, 0.29) is 0 Å². The van der Waals surface area contributed by atoms with E-state index < -0.39 is 0 Å². The second-order valence-corrected chi connectivity index (χ2v) is 4.96. The Morgan fingerprint density at radius 3 is 2.93 bits per heavy atom. The largest absolute Gasteiger partial charge is 0.271 e. The molecule has 1 unspecified atom stereocenters. The van der Waals surface area contributed by atoms with Crippen LogP contribution in [0.15, 0.2) is 11.7 Å². The highest BCUT2D eigenvalue weighted by Gasteiger charge is 2.24. The normalized spacial score (nSPS) is 20.1. The first-order valence-corrected chi connectivity index (χ1v) is 6.11. The van der Waals surface area contributed by atoms with Gasteiger partial charge in [0.1, 0.15) is 0 Å². The molecule has 4 heteroatoms. The zero-order valence-electron chi connectivity index (χ0n) is 8.28. The van der Waals surface area contributed by atoms with Crippen LogP contribution in [0.5, 0.6) is 0 Å². The van der Waals surface area contributed by atoms with Crippen molar-refractivity contribution >= 4 is 11.3 Å². The summed E-state index contributed by atoms with van der Waals surface area (Å²) >= 11 is 1.72. The highest BCUT2D eigenvalue weighted by Crippen LogP contribution is 2.29. The maximum absolute atomic E-state index is 5.60. The molecule has 3 nitrogen and oxygen atoms in total. The number of hydrazine groups is 1.